The lowest BCUT2D eigenvalue weighted by atomic mass is 10.2. The highest BCUT2D eigenvalue weighted by Gasteiger charge is 2.29. The number of benzene rings is 1. The van der Waals surface area contributed by atoms with Crippen LogP contribution in [0.2, 0.25) is 5.02 Å². The van der Waals surface area contributed by atoms with Gasteiger partial charge in [-0.2, -0.15) is 0 Å². The van der Waals surface area contributed by atoms with Gasteiger partial charge in [0.1, 0.15) is 0 Å². The van der Waals surface area contributed by atoms with Crippen LogP contribution in [0.25, 0.3) is 0 Å². The van der Waals surface area contributed by atoms with Gasteiger partial charge in [0.2, 0.25) is 5.91 Å². The van der Waals surface area contributed by atoms with Gasteiger partial charge in [-0.25, -0.2) is 4.39 Å². The van der Waals surface area contributed by atoms with Crippen molar-refractivity contribution in [1.82, 2.24) is 0 Å². The van der Waals surface area contributed by atoms with Crippen molar-refractivity contribution in [3.05, 3.63) is 34.9 Å². The summed E-state index contributed by atoms with van der Waals surface area (Å²) in [6.45, 7) is 0. The first-order valence-electron chi connectivity index (χ1n) is 3.36. The third kappa shape index (κ3) is 2.78. The molecule has 6 heteroatoms. The van der Waals surface area contributed by atoms with Crippen molar-refractivity contribution in [3.63, 3.8) is 0 Å². The van der Waals surface area contributed by atoms with Crippen LogP contribution in [0.5, 0.6) is 0 Å². The fraction of sp³-hybridized carbons (Fsp3) is 0.143. The van der Waals surface area contributed by atoms with Crippen molar-refractivity contribution in [1.29, 1.82) is 0 Å². The lowest BCUT2D eigenvalue weighted by Gasteiger charge is -2.09. The van der Waals surface area contributed by atoms with Crippen LogP contribution in [0.1, 0.15) is 11.5 Å². The lowest BCUT2D eigenvalue weighted by Crippen LogP contribution is -1.92. The first-order chi connectivity index (χ1) is 5.91. The zero-order valence-corrected chi connectivity index (χ0v) is 8.04. The van der Waals surface area contributed by atoms with Crippen LogP contribution in [0.15, 0.2) is 24.3 Å². The molecule has 0 aromatic heterocycles. The van der Waals surface area contributed by atoms with Crippen molar-refractivity contribution in [3.8, 4) is 0 Å². The number of halogens is 2. The monoisotopic (exact) mass is 224 g/mol. The van der Waals surface area contributed by atoms with Crippen molar-refractivity contribution >= 4 is 19.2 Å². The average Bonchev–Trinajstić information content (AvgIpc) is 2.03. The highest BCUT2D eigenvalue weighted by atomic mass is 35.5. The van der Waals surface area contributed by atoms with Crippen molar-refractivity contribution in [2.75, 3.05) is 0 Å². The van der Waals surface area contributed by atoms with Gasteiger partial charge in [-0.3, -0.25) is 4.57 Å². The fourth-order valence-electron chi connectivity index (χ4n) is 0.816. The maximum Gasteiger partial charge on any atom is 0.363 e. The molecule has 0 heterocycles. The smallest absolute Gasteiger partial charge is 0.322 e. The Hall–Kier alpha value is -0.410. The maximum absolute atomic E-state index is 13.0. The molecular formula is C7H7ClFO3P. The largest absolute Gasteiger partial charge is 0.363 e. The molecule has 0 radical (unpaired) electrons. The normalized spacial score (nSPS) is 14.2. The second-order valence-electron chi connectivity index (χ2n) is 2.48. The summed E-state index contributed by atoms with van der Waals surface area (Å²) in [7, 11) is -4.70. The standard InChI is InChI=1S/C7H7ClFO3P/c8-6-3-1-5(2-4-6)7(9)13(10,11)12/h1-4,7H,(H2,10,11,12). The highest BCUT2D eigenvalue weighted by molar-refractivity contribution is 7.51. The van der Waals surface area contributed by atoms with E-state index in [0.717, 1.165) is 0 Å². The Morgan fingerprint density at radius 3 is 2.15 bits per heavy atom. The Morgan fingerprint density at radius 1 is 1.31 bits per heavy atom. The SMILES string of the molecule is O=P(O)(O)C(F)c1ccc(Cl)cc1. The molecule has 13 heavy (non-hydrogen) atoms. The molecule has 0 fully saturated rings. The predicted molar refractivity (Wildman–Crippen MR) is 47.3 cm³/mol. The van der Waals surface area contributed by atoms with Crippen LogP contribution in [-0.2, 0) is 4.57 Å². The minimum atomic E-state index is -4.70. The zero-order chi connectivity index (χ0) is 10.1. The van der Waals surface area contributed by atoms with E-state index in [4.69, 9.17) is 21.4 Å². The zero-order valence-electron chi connectivity index (χ0n) is 6.39. The Bertz CT molecular complexity index is 334. The summed E-state index contributed by atoms with van der Waals surface area (Å²) in [5.74, 6) is -2.27. The van der Waals surface area contributed by atoms with Gasteiger partial charge in [-0.1, -0.05) is 23.7 Å². The van der Waals surface area contributed by atoms with E-state index in [2.05, 4.69) is 0 Å². The molecule has 2 N–H and O–H groups in total. The first-order valence-corrected chi connectivity index (χ1v) is 5.42. The number of alkyl halides is 1. The molecule has 0 aliphatic rings. The van der Waals surface area contributed by atoms with Gasteiger partial charge in [-0.15, -0.1) is 0 Å². The molecule has 0 aliphatic heterocycles. The van der Waals surface area contributed by atoms with E-state index in [-0.39, 0.29) is 5.56 Å². The Morgan fingerprint density at radius 2 is 1.77 bits per heavy atom. The molecule has 1 aromatic carbocycles. The van der Waals surface area contributed by atoms with Gasteiger partial charge < -0.3 is 9.79 Å². The van der Waals surface area contributed by atoms with Gasteiger partial charge in [-0.05, 0) is 17.7 Å². The van der Waals surface area contributed by atoms with E-state index in [9.17, 15) is 8.96 Å². The van der Waals surface area contributed by atoms with Gasteiger partial charge in [0.25, 0.3) is 0 Å². The van der Waals surface area contributed by atoms with Gasteiger partial charge in [0.15, 0.2) is 0 Å². The van der Waals surface area contributed by atoms with Crippen LogP contribution in [0.4, 0.5) is 4.39 Å². The molecule has 0 saturated carbocycles. The third-order valence-electron chi connectivity index (χ3n) is 1.44. The fourth-order valence-corrected chi connectivity index (χ4v) is 1.50. The molecule has 0 saturated heterocycles. The molecule has 0 spiro atoms. The van der Waals surface area contributed by atoms with Crippen LogP contribution >= 0.6 is 19.2 Å². The maximum atomic E-state index is 13.0. The summed E-state index contributed by atoms with van der Waals surface area (Å²) in [5.41, 5.74) is -0.0715. The summed E-state index contributed by atoms with van der Waals surface area (Å²) in [4.78, 5) is 17.0. The average molecular weight is 225 g/mol. The van der Waals surface area contributed by atoms with E-state index in [1.165, 1.54) is 24.3 Å². The molecule has 0 aliphatic carbocycles. The molecule has 72 valence electrons. The van der Waals surface area contributed by atoms with E-state index in [0.29, 0.717) is 5.02 Å². The van der Waals surface area contributed by atoms with E-state index < -0.39 is 13.5 Å². The summed E-state index contributed by atoms with van der Waals surface area (Å²) in [5, 5.41) is 0.390. The van der Waals surface area contributed by atoms with Crippen molar-refractivity contribution < 1.29 is 18.7 Å². The molecule has 0 bridgehead atoms. The van der Waals surface area contributed by atoms with Crippen LogP contribution in [-0.4, -0.2) is 9.79 Å². The van der Waals surface area contributed by atoms with E-state index in [1.807, 2.05) is 0 Å². The van der Waals surface area contributed by atoms with Gasteiger partial charge >= 0.3 is 7.60 Å². The van der Waals surface area contributed by atoms with Crippen molar-refractivity contribution in [2.24, 2.45) is 0 Å². The molecule has 1 atom stereocenters. The van der Waals surface area contributed by atoms with Crippen LogP contribution in [0.3, 0.4) is 0 Å². The molecule has 0 amide bonds. The number of hydrogen-bond donors (Lipinski definition) is 2. The van der Waals surface area contributed by atoms with Crippen LogP contribution < -0.4 is 0 Å². The summed E-state index contributed by atoms with van der Waals surface area (Å²) < 4.78 is 23.5. The second-order valence-corrected chi connectivity index (χ2v) is 4.54. The van der Waals surface area contributed by atoms with E-state index in [1.54, 1.807) is 0 Å². The quantitative estimate of drug-likeness (QED) is 0.759. The third-order valence-corrected chi connectivity index (χ3v) is 2.58. The minimum absolute atomic E-state index is 0.0715. The highest BCUT2D eigenvalue weighted by Crippen LogP contribution is 2.52. The first kappa shape index (κ1) is 10.7. The topological polar surface area (TPSA) is 57.5 Å². The second kappa shape index (κ2) is 3.76. The Balaban J connectivity index is 2.97. The molecule has 1 aromatic rings. The lowest BCUT2D eigenvalue weighted by molar-refractivity contribution is 0.303. The number of hydrogen-bond acceptors (Lipinski definition) is 1. The summed E-state index contributed by atoms with van der Waals surface area (Å²) in [6.07, 6.45) is 0. The minimum Gasteiger partial charge on any atom is -0.322 e. The van der Waals surface area contributed by atoms with Crippen molar-refractivity contribution in [2.45, 2.75) is 5.91 Å². The molecular weight excluding hydrogens is 217 g/mol. The van der Waals surface area contributed by atoms with E-state index >= 15 is 0 Å². The molecule has 3 nitrogen and oxygen atoms in total. The Kier molecular flexibility index (Phi) is 3.09. The van der Waals surface area contributed by atoms with Gasteiger partial charge in [0.05, 0.1) is 0 Å². The molecule has 1 unspecified atom stereocenters. The predicted octanol–water partition coefficient (Wildman–Crippen LogP) is 2.49. The van der Waals surface area contributed by atoms with Gasteiger partial charge in [0, 0.05) is 5.02 Å². The summed E-state index contributed by atoms with van der Waals surface area (Å²) >= 11 is 5.51. The molecule has 1 rings (SSSR count). The Labute approximate surface area is 79.3 Å². The van der Waals surface area contributed by atoms with Crippen LogP contribution in [0, 0.1) is 0 Å². The summed E-state index contributed by atoms with van der Waals surface area (Å²) in [6, 6.07) is 5.23. The number of rotatable bonds is 2.